The molecule has 22 heavy (non-hydrogen) atoms. The molecular formula is C18H25NO3. The maximum absolute atomic E-state index is 12.1. The molecule has 1 aromatic carbocycles. The van der Waals surface area contributed by atoms with Crippen LogP contribution in [-0.4, -0.2) is 23.8 Å². The van der Waals surface area contributed by atoms with Crippen LogP contribution in [0.2, 0.25) is 0 Å². The Kier molecular flexibility index (Phi) is 5.61. The number of carbonyl (C=O) groups excluding carboxylic acids is 1. The SMILES string of the molecule is CC(C)C(NC(=O)OCc1ccccc1)C1(CO)CC=CC1. The minimum atomic E-state index is -0.428. The Morgan fingerprint density at radius 2 is 1.91 bits per heavy atom. The molecule has 1 aromatic rings. The van der Waals surface area contributed by atoms with Crippen molar-refractivity contribution in [3.8, 4) is 0 Å². The first-order valence-electron chi connectivity index (χ1n) is 7.80. The van der Waals surface area contributed by atoms with Crippen molar-refractivity contribution in [2.75, 3.05) is 6.61 Å². The molecule has 0 saturated carbocycles. The summed E-state index contributed by atoms with van der Waals surface area (Å²) >= 11 is 0. The third kappa shape index (κ3) is 3.89. The summed E-state index contributed by atoms with van der Waals surface area (Å²) in [6.45, 7) is 4.42. The number of nitrogens with one attached hydrogen (secondary N) is 1. The van der Waals surface area contributed by atoms with E-state index in [-0.39, 0.29) is 30.6 Å². The molecule has 2 N–H and O–H groups in total. The van der Waals surface area contributed by atoms with Crippen molar-refractivity contribution < 1.29 is 14.6 Å². The Labute approximate surface area is 132 Å². The summed E-state index contributed by atoms with van der Waals surface area (Å²) in [6, 6.07) is 9.48. The Balaban J connectivity index is 1.94. The van der Waals surface area contributed by atoms with Gasteiger partial charge in [-0.3, -0.25) is 0 Å². The van der Waals surface area contributed by atoms with Crippen molar-refractivity contribution >= 4 is 6.09 Å². The molecule has 1 atom stereocenters. The van der Waals surface area contributed by atoms with Crippen LogP contribution in [0.15, 0.2) is 42.5 Å². The highest BCUT2D eigenvalue weighted by Crippen LogP contribution is 2.39. The number of aliphatic hydroxyl groups excluding tert-OH is 1. The lowest BCUT2D eigenvalue weighted by Crippen LogP contribution is -2.51. The van der Waals surface area contributed by atoms with Crippen LogP contribution in [0, 0.1) is 11.3 Å². The van der Waals surface area contributed by atoms with Gasteiger partial charge in [0.2, 0.25) is 0 Å². The molecule has 4 nitrogen and oxygen atoms in total. The first-order chi connectivity index (χ1) is 10.6. The molecule has 0 bridgehead atoms. The average Bonchev–Trinajstić information content (AvgIpc) is 3.01. The molecule has 0 aliphatic heterocycles. The molecule has 0 radical (unpaired) electrons. The molecule has 4 heteroatoms. The molecule has 0 saturated heterocycles. The van der Waals surface area contributed by atoms with Crippen LogP contribution in [0.1, 0.15) is 32.3 Å². The molecule has 1 aliphatic rings. The molecule has 1 amide bonds. The second-order valence-electron chi connectivity index (χ2n) is 6.33. The summed E-state index contributed by atoms with van der Waals surface area (Å²) in [4.78, 5) is 12.1. The highest BCUT2D eigenvalue weighted by atomic mass is 16.5. The first-order valence-corrected chi connectivity index (χ1v) is 7.80. The van der Waals surface area contributed by atoms with Crippen molar-refractivity contribution in [2.45, 2.75) is 39.3 Å². The monoisotopic (exact) mass is 303 g/mol. The summed E-state index contributed by atoms with van der Waals surface area (Å²) in [5.74, 6) is 0.219. The molecule has 2 rings (SSSR count). The predicted octanol–water partition coefficient (Wildman–Crippen LogP) is 3.27. The Bertz CT molecular complexity index is 502. The van der Waals surface area contributed by atoms with E-state index in [4.69, 9.17) is 4.74 Å². The Morgan fingerprint density at radius 1 is 1.27 bits per heavy atom. The standard InChI is InChI=1S/C18H25NO3/c1-14(2)16(18(13-20)10-6-7-11-18)19-17(21)22-12-15-8-4-3-5-9-15/h3-9,14,16,20H,10-13H2,1-2H3,(H,19,21). The number of amides is 1. The summed E-state index contributed by atoms with van der Waals surface area (Å²) in [6.07, 6.45) is 5.28. The van der Waals surface area contributed by atoms with Gasteiger partial charge in [0.05, 0.1) is 6.61 Å². The van der Waals surface area contributed by atoms with Gasteiger partial charge >= 0.3 is 6.09 Å². The predicted molar refractivity (Wildman–Crippen MR) is 86.3 cm³/mol. The van der Waals surface area contributed by atoms with Crippen molar-refractivity contribution in [1.29, 1.82) is 0 Å². The van der Waals surface area contributed by atoms with Gasteiger partial charge in [-0.1, -0.05) is 56.3 Å². The summed E-state index contributed by atoms with van der Waals surface area (Å²) in [5.41, 5.74) is 0.651. The summed E-state index contributed by atoms with van der Waals surface area (Å²) in [7, 11) is 0. The summed E-state index contributed by atoms with van der Waals surface area (Å²) in [5, 5.41) is 12.8. The van der Waals surface area contributed by atoms with Crippen molar-refractivity contribution in [2.24, 2.45) is 11.3 Å². The highest BCUT2D eigenvalue weighted by molar-refractivity contribution is 5.67. The van der Waals surface area contributed by atoms with Gasteiger partial charge in [0.25, 0.3) is 0 Å². The van der Waals surface area contributed by atoms with Gasteiger partial charge in [-0.25, -0.2) is 4.79 Å². The van der Waals surface area contributed by atoms with Crippen molar-refractivity contribution in [3.05, 3.63) is 48.0 Å². The quantitative estimate of drug-likeness (QED) is 0.793. The number of carbonyl (C=O) groups is 1. The fourth-order valence-corrected chi connectivity index (χ4v) is 3.12. The molecule has 120 valence electrons. The van der Waals surface area contributed by atoms with E-state index >= 15 is 0 Å². The fourth-order valence-electron chi connectivity index (χ4n) is 3.12. The van der Waals surface area contributed by atoms with E-state index in [1.165, 1.54) is 0 Å². The van der Waals surface area contributed by atoms with Crippen LogP contribution < -0.4 is 5.32 Å². The number of allylic oxidation sites excluding steroid dienone is 2. The number of rotatable bonds is 6. The number of hydrogen-bond donors (Lipinski definition) is 2. The zero-order valence-electron chi connectivity index (χ0n) is 13.3. The minimum Gasteiger partial charge on any atom is -0.445 e. The van der Waals surface area contributed by atoms with Gasteiger partial charge in [0, 0.05) is 11.5 Å². The zero-order chi connectivity index (χ0) is 16.0. The van der Waals surface area contributed by atoms with Gasteiger partial charge in [-0.05, 0) is 24.3 Å². The van der Waals surface area contributed by atoms with E-state index in [0.717, 1.165) is 18.4 Å². The fraction of sp³-hybridized carbons (Fsp3) is 0.500. The Hall–Kier alpha value is -1.81. The van der Waals surface area contributed by atoms with E-state index in [1.807, 2.05) is 30.3 Å². The number of hydrogen-bond acceptors (Lipinski definition) is 3. The van der Waals surface area contributed by atoms with Crippen LogP contribution in [-0.2, 0) is 11.3 Å². The van der Waals surface area contributed by atoms with Gasteiger partial charge in [-0.15, -0.1) is 0 Å². The third-order valence-corrected chi connectivity index (χ3v) is 4.34. The van der Waals surface area contributed by atoms with Crippen LogP contribution >= 0.6 is 0 Å². The second kappa shape index (κ2) is 7.45. The average molecular weight is 303 g/mol. The van der Waals surface area contributed by atoms with Crippen molar-refractivity contribution in [1.82, 2.24) is 5.32 Å². The van der Waals surface area contributed by atoms with E-state index in [9.17, 15) is 9.90 Å². The number of benzene rings is 1. The number of ether oxygens (including phenoxy) is 1. The number of alkyl carbamates (subject to hydrolysis) is 1. The van der Waals surface area contributed by atoms with Crippen LogP contribution in [0.5, 0.6) is 0 Å². The lowest BCUT2D eigenvalue weighted by atomic mass is 9.74. The lowest BCUT2D eigenvalue weighted by molar-refractivity contribution is 0.0622. The number of aliphatic hydroxyl groups is 1. The molecule has 0 fully saturated rings. The molecule has 0 heterocycles. The van der Waals surface area contributed by atoms with Crippen LogP contribution in [0.25, 0.3) is 0 Å². The van der Waals surface area contributed by atoms with Gasteiger partial charge in [0.1, 0.15) is 6.61 Å². The molecule has 0 spiro atoms. The maximum atomic E-state index is 12.1. The van der Waals surface area contributed by atoms with E-state index < -0.39 is 6.09 Å². The maximum Gasteiger partial charge on any atom is 0.407 e. The van der Waals surface area contributed by atoms with Gasteiger partial charge < -0.3 is 15.2 Å². The van der Waals surface area contributed by atoms with Crippen LogP contribution in [0.4, 0.5) is 4.79 Å². The minimum absolute atomic E-state index is 0.0574. The Morgan fingerprint density at radius 3 is 2.45 bits per heavy atom. The van der Waals surface area contributed by atoms with E-state index in [0.29, 0.717) is 0 Å². The highest BCUT2D eigenvalue weighted by Gasteiger charge is 2.41. The zero-order valence-corrected chi connectivity index (χ0v) is 13.3. The van der Waals surface area contributed by atoms with Crippen LogP contribution in [0.3, 0.4) is 0 Å². The smallest absolute Gasteiger partial charge is 0.407 e. The first kappa shape index (κ1) is 16.6. The lowest BCUT2D eigenvalue weighted by Gasteiger charge is -2.38. The van der Waals surface area contributed by atoms with Crippen molar-refractivity contribution in [3.63, 3.8) is 0 Å². The molecular weight excluding hydrogens is 278 g/mol. The molecule has 0 aromatic heterocycles. The van der Waals surface area contributed by atoms with Gasteiger partial charge in [-0.2, -0.15) is 0 Å². The normalized spacial score (nSPS) is 17.5. The van der Waals surface area contributed by atoms with Gasteiger partial charge in [0.15, 0.2) is 0 Å². The second-order valence-corrected chi connectivity index (χ2v) is 6.33. The molecule has 1 aliphatic carbocycles. The third-order valence-electron chi connectivity index (χ3n) is 4.34. The summed E-state index contributed by atoms with van der Waals surface area (Å²) < 4.78 is 5.31. The largest absolute Gasteiger partial charge is 0.445 e. The molecule has 1 unspecified atom stereocenters. The topological polar surface area (TPSA) is 58.6 Å². The van der Waals surface area contributed by atoms with E-state index in [2.05, 4.69) is 31.3 Å². The van der Waals surface area contributed by atoms with E-state index in [1.54, 1.807) is 0 Å².